The number of hydrogen-bond acceptors (Lipinski definition) is 8. The molecule has 3 aromatic carbocycles. The summed E-state index contributed by atoms with van der Waals surface area (Å²) < 4.78 is 85.6. The van der Waals surface area contributed by atoms with Gasteiger partial charge in [0, 0.05) is 5.56 Å². The summed E-state index contributed by atoms with van der Waals surface area (Å²) in [6, 6.07) is 12.2. The maximum atomic E-state index is 12.8. The second kappa shape index (κ2) is 12.6. The zero-order valence-electron chi connectivity index (χ0n) is 23.3. The minimum absolute atomic E-state index is 0.0180. The lowest BCUT2D eigenvalue weighted by atomic mass is 10.2. The zero-order chi connectivity index (χ0) is 33.2. The van der Waals surface area contributed by atoms with Crippen molar-refractivity contribution in [1.29, 1.82) is 0 Å². The van der Waals surface area contributed by atoms with Crippen LogP contribution in [0.15, 0.2) is 72.0 Å². The van der Waals surface area contributed by atoms with Crippen LogP contribution < -0.4 is 19.7 Å². The molecule has 46 heavy (non-hydrogen) atoms. The van der Waals surface area contributed by atoms with Crippen LogP contribution in [-0.2, 0) is 4.79 Å². The number of nitrogens with one attached hydrogen (secondary N) is 1. The van der Waals surface area contributed by atoms with E-state index >= 15 is 0 Å². The van der Waals surface area contributed by atoms with Crippen LogP contribution in [-0.4, -0.2) is 61.9 Å². The monoisotopic (exact) mass is 666 g/mol. The zero-order valence-corrected chi connectivity index (χ0v) is 24.1. The van der Waals surface area contributed by atoms with Crippen LogP contribution in [0.1, 0.15) is 5.56 Å². The first kappa shape index (κ1) is 32.1. The molecule has 18 heteroatoms. The molecular formula is C28H20F6N6O5S. The molecule has 1 fully saturated rings. The van der Waals surface area contributed by atoms with Gasteiger partial charge in [-0.05, 0) is 67.1 Å². The predicted molar refractivity (Wildman–Crippen MR) is 154 cm³/mol. The number of aryl methyl sites for hydroxylation is 1. The molecule has 0 bridgehead atoms. The lowest BCUT2D eigenvalue weighted by Crippen LogP contribution is -2.31. The van der Waals surface area contributed by atoms with Gasteiger partial charge in [-0.25, -0.2) is 14.5 Å². The number of aromatic nitrogens is 3. The number of rotatable bonds is 7. The number of carbonyl (C=O) groups excluding carboxylic acids is 2. The van der Waals surface area contributed by atoms with E-state index in [1.54, 1.807) is 6.92 Å². The first-order valence-electron chi connectivity index (χ1n) is 12.9. The fraction of sp³-hybridized carbons (Fsp3) is 0.179. The van der Waals surface area contributed by atoms with E-state index in [0.717, 1.165) is 28.8 Å². The number of ether oxygens (including phenoxy) is 2. The second-order valence-corrected chi connectivity index (χ2v) is 10.4. The number of carbonyl (C=O) groups is 2. The number of amides is 3. The Morgan fingerprint density at radius 1 is 1.07 bits per heavy atom. The number of aliphatic imine (C=N–C) groups is 1. The molecule has 11 nitrogen and oxygen atoms in total. The Kier molecular flexibility index (Phi) is 8.82. The summed E-state index contributed by atoms with van der Waals surface area (Å²) >= 11 is 0.887. The van der Waals surface area contributed by atoms with Gasteiger partial charge >= 0.3 is 18.6 Å². The molecular weight excluding hydrogens is 646 g/mol. The van der Waals surface area contributed by atoms with Crippen LogP contribution >= 0.6 is 11.8 Å². The minimum Gasteiger partial charge on any atom is -0.506 e. The lowest BCUT2D eigenvalue weighted by molar-refractivity contribution is -0.274. The Hall–Kier alpha value is -5.26. The standard InChI is InChI=1S/C28H20F6N6O5S/c1-15-2-9-22(44-13-27(29,30)31)20(10-15)40-23(42)12-46-26(40)37-25(43)36-19-8-3-16(11-21(19)41)24-35-14-39(38-24)17-4-6-18(7-5-17)45-28(32,33)34/h2-11,14,41H,12-13H2,1H3,(H,36,43). The second-order valence-electron chi connectivity index (χ2n) is 9.50. The van der Waals surface area contributed by atoms with Crippen molar-refractivity contribution in [2.75, 3.05) is 22.6 Å². The van der Waals surface area contributed by atoms with Gasteiger partial charge in [-0.2, -0.15) is 18.2 Å². The number of alkyl halides is 6. The molecule has 1 aliphatic rings. The molecule has 0 atom stereocenters. The average molecular weight is 667 g/mol. The Morgan fingerprint density at radius 2 is 1.80 bits per heavy atom. The third-order valence-electron chi connectivity index (χ3n) is 6.03. The number of benzene rings is 3. The van der Waals surface area contributed by atoms with E-state index < -0.39 is 42.6 Å². The smallest absolute Gasteiger partial charge is 0.506 e. The Bertz CT molecular complexity index is 1810. The summed E-state index contributed by atoms with van der Waals surface area (Å²) in [5.41, 5.74) is 1.23. The molecule has 2 heterocycles. The van der Waals surface area contributed by atoms with Crippen molar-refractivity contribution in [1.82, 2.24) is 14.8 Å². The number of phenolic OH excluding ortho intramolecular Hbond substituents is 1. The molecule has 3 amide bonds. The molecule has 1 aliphatic heterocycles. The number of phenols is 1. The SMILES string of the molecule is Cc1ccc(OCC(F)(F)F)c(N2C(=O)CSC2=NC(=O)Nc2ccc(-c3ncn(-c4ccc(OC(F)(F)F)cc4)n3)cc2O)c1. The third kappa shape index (κ3) is 7.87. The van der Waals surface area contributed by atoms with Gasteiger partial charge in [-0.1, -0.05) is 17.8 Å². The van der Waals surface area contributed by atoms with E-state index in [1.165, 1.54) is 59.5 Å². The Labute approximate surface area is 259 Å². The highest BCUT2D eigenvalue weighted by atomic mass is 32.2. The molecule has 2 N–H and O–H groups in total. The van der Waals surface area contributed by atoms with Gasteiger partial charge in [0.15, 0.2) is 17.6 Å². The van der Waals surface area contributed by atoms with E-state index in [9.17, 15) is 41.0 Å². The normalized spacial score (nSPS) is 14.5. The number of aromatic hydroxyl groups is 1. The summed E-state index contributed by atoms with van der Waals surface area (Å²) in [6.45, 7) is 0.0686. The number of halogens is 6. The molecule has 1 saturated heterocycles. The van der Waals surface area contributed by atoms with Crippen LogP contribution in [0, 0.1) is 6.92 Å². The summed E-state index contributed by atoms with van der Waals surface area (Å²) in [5.74, 6) is -1.58. The fourth-order valence-electron chi connectivity index (χ4n) is 4.09. The van der Waals surface area contributed by atoms with Crippen LogP contribution in [0.25, 0.3) is 17.1 Å². The van der Waals surface area contributed by atoms with E-state index in [2.05, 4.69) is 25.1 Å². The number of nitrogens with zero attached hydrogens (tertiary/aromatic N) is 5. The van der Waals surface area contributed by atoms with Gasteiger partial charge in [-0.3, -0.25) is 9.69 Å². The molecule has 0 saturated carbocycles. The van der Waals surface area contributed by atoms with Crippen molar-refractivity contribution in [3.05, 3.63) is 72.6 Å². The van der Waals surface area contributed by atoms with Gasteiger partial charge < -0.3 is 19.9 Å². The molecule has 0 aliphatic carbocycles. The summed E-state index contributed by atoms with van der Waals surface area (Å²) in [5, 5.41) is 17.1. The number of thioether (sulfide) groups is 1. The summed E-state index contributed by atoms with van der Waals surface area (Å²) in [6.07, 6.45) is -8.15. The molecule has 1 aromatic heterocycles. The van der Waals surface area contributed by atoms with Gasteiger partial charge in [0.1, 0.15) is 23.6 Å². The first-order chi connectivity index (χ1) is 21.6. The van der Waals surface area contributed by atoms with Crippen molar-refractivity contribution in [2.45, 2.75) is 19.5 Å². The topological polar surface area (TPSA) is 131 Å². The van der Waals surface area contributed by atoms with Crippen LogP contribution in [0.5, 0.6) is 17.2 Å². The lowest BCUT2D eigenvalue weighted by Gasteiger charge is -2.21. The van der Waals surface area contributed by atoms with Gasteiger partial charge in [0.2, 0.25) is 5.91 Å². The molecule has 240 valence electrons. The van der Waals surface area contributed by atoms with Crippen molar-refractivity contribution < 1.29 is 50.5 Å². The highest BCUT2D eigenvalue weighted by Crippen LogP contribution is 2.36. The van der Waals surface area contributed by atoms with Gasteiger partial charge in [0.25, 0.3) is 0 Å². The summed E-state index contributed by atoms with van der Waals surface area (Å²) in [7, 11) is 0. The van der Waals surface area contributed by atoms with Crippen molar-refractivity contribution >= 4 is 40.2 Å². The predicted octanol–water partition coefficient (Wildman–Crippen LogP) is 6.46. The van der Waals surface area contributed by atoms with Crippen molar-refractivity contribution in [2.24, 2.45) is 4.99 Å². The van der Waals surface area contributed by atoms with E-state index in [0.29, 0.717) is 16.8 Å². The largest absolute Gasteiger partial charge is 0.573 e. The van der Waals surface area contributed by atoms with Crippen molar-refractivity contribution in [3.8, 4) is 34.3 Å². The number of anilines is 2. The number of amidine groups is 1. The maximum Gasteiger partial charge on any atom is 0.573 e. The van der Waals surface area contributed by atoms with E-state index in [1.807, 2.05) is 0 Å². The maximum absolute atomic E-state index is 12.8. The first-order valence-corrected chi connectivity index (χ1v) is 13.9. The van der Waals surface area contributed by atoms with Crippen LogP contribution in [0.3, 0.4) is 0 Å². The van der Waals surface area contributed by atoms with Crippen LogP contribution in [0.2, 0.25) is 0 Å². The Morgan fingerprint density at radius 3 is 2.48 bits per heavy atom. The molecule has 5 rings (SSSR count). The summed E-state index contributed by atoms with van der Waals surface area (Å²) in [4.78, 5) is 34.5. The molecule has 0 unspecified atom stereocenters. The third-order valence-corrected chi connectivity index (χ3v) is 6.96. The quantitative estimate of drug-likeness (QED) is 0.170. The number of urea groups is 1. The van der Waals surface area contributed by atoms with E-state index in [-0.39, 0.29) is 33.9 Å². The molecule has 4 aromatic rings. The molecule has 0 radical (unpaired) electrons. The van der Waals surface area contributed by atoms with Gasteiger partial charge in [-0.15, -0.1) is 18.3 Å². The average Bonchev–Trinajstić information content (AvgIpc) is 3.59. The van der Waals surface area contributed by atoms with E-state index in [4.69, 9.17) is 4.74 Å². The minimum atomic E-state index is -4.83. The van der Waals surface area contributed by atoms with Gasteiger partial charge in [0.05, 0.1) is 22.8 Å². The highest BCUT2D eigenvalue weighted by molar-refractivity contribution is 8.15. The molecule has 0 spiro atoms. The van der Waals surface area contributed by atoms with Crippen LogP contribution in [0.4, 0.5) is 42.5 Å². The highest BCUT2D eigenvalue weighted by Gasteiger charge is 2.35. The Balaban J connectivity index is 1.30. The number of hydrogen-bond donors (Lipinski definition) is 2. The van der Waals surface area contributed by atoms with Crippen molar-refractivity contribution in [3.63, 3.8) is 0 Å². The fourth-order valence-corrected chi connectivity index (χ4v) is 4.95.